The summed E-state index contributed by atoms with van der Waals surface area (Å²) >= 11 is 14.6. The summed E-state index contributed by atoms with van der Waals surface area (Å²) in [6.45, 7) is 2.68. The van der Waals surface area contributed by atoms with Crippen LogP contribution in [-0.2, 0) is 6.54 Å². The Hall–Kier alpha value is -0.370. The van der Waals surface area contributed by atoms with Gasteiger partial charge in [-0.3, -0.25) is 4.68 Å². The van der Waals surface area contributed by atoms with Gasteiger partial charge in [-0.2, -0.15) is 5.10 Å². The molecule has 1 aromatic heterocycles. The van der Waals surface area contributed by atoms with Crippen molar-refractivity contribution in [3.05, 3.63) is 46.5 Å². The first-order chi connectivity index (χ1) is 9.44. The highest BCUT2D eigenvalue weighted by atomic mass is 127. The largest absolute Gasteiger partial charge is 0.316 e. The average molecular weight is 425 g/mol. The molecule has 2 aromatic rings. The van der Waals surface area contributed by atoms with Crippen molar-refractivity contribution in [1.82, 2.24) is 14.8 Å². The van der Waals surface area contributed by atoms with E-state index >= 15 is 0 Å². The van der Waals surface area contributed by atoms with Crippen molar-refractivity contribution in [3.63, 3.8) is 0 Å². The summed E-state index contributed by atoms with van der Waals surface area (Å²) in [5.74, 6) is 0.0135. The molecule has 20 heavy (non-hydrogen) atoms. The zero-order valence-corrected chi connectivity index (χ0v) is 14.6. The third kappa shape index (κ3) is 3.63. The first kappa shape index (κ1) is 16.0. The van der Waals surface area contributed by atoms with E-state index in [2.05, 4.69) is 39.6 Å². The molecule has 0 saturated heterocycles. The molecule has 0 fully saturated rings. The molecule has 1 heterocycles. The summed E-state index contributed by atoms with van der Waals surface area (Å²) < 4.78 is 1.34. The van der Waals surface area contributed by atoms with E-state index in [1.807, 2.05) is 12.1 Å². The van der Waals surface area contributed by atoms with Crippen molar-refractivity contribution in [2.45, 2.75) is 29.4 Å². The van der Waals surface area contributed by atoms with Crippen LogP contribution < -0.4 is 5.73 Å². The Morgan fingerprint density at radius 3 is 2.75 bits per heavy atom. The lowest BCUT2D eigenvalue weighted by molar-refractivity contribution is 0.419. The Labute approximate surface area is 141 Å². The van der Waals surface area contributed by atoms with Gasteiger partial charge in [0.25, 0.3) is 0 Å². The Kier molecular flexibility index (Phi) is 5.28. The Morgan fingerprint density at radius 1 is 1.45 bits per heavy atom. The maximum atomic E-state index is 6.45. The van der Waals surface area contributed by atoms with E-state index in [9.17, 15) is 0 Å². The number of nitrogens with zero attached hydrogens (tertiary/aromatic N) is 3. The highest BCUT2D eigenvalue weighted by Gasteiger charge is 2.33. The normalized spacial score (nSPS) is 15.8. The Balaban J connectivity index is 2.40. The zero-order valence-electron chi connectivity index (χ0n) is 10.9. The van der Waals surface area contributed by atoms with Crippen molar-refractivity contribution >= 4 is 45.8 Å². The molecule has 2 N–H and O–H groups in total. The van der Waals surface area contributed by atoms with Crippen LogP contribution >= 0.6 is 45.8 Å². The molecule has 0 spiro atoms. The number of alkyl halides is 1. The third-order valence-electron chi connectivity index (χ3n) is 3.30. The second-order valence-corrected chi connectivity index (χ2v) is 7.47. The highest BCUT2D eigenvalue weighted by Crippen LogP contribution is 2.39. The van der Waals surface area contributed by atoms with E-state index in [0.29, 0.717) is 16.6 Å². The fourth-order valence-electron chi connectivity index (χ4n) is 2.05. The molecule has 0 bridgehead atoms. The second kappa shape index (κ2) is 6.60. The molecule has 7 heteroatoms. The van der Waals surface area contributed by atoms with Crippen LogP contribution in [0, 0.1) is 0 Å². The summed E-state index contributed by atoms with van der Waals surface area (Å²) in [7, 11) is 0. The van der Waals surface area contributed by atoms with Gasteiger partial charge >= 0.3 is 0 Å². The summed E-state index contributed by atoms with van der Waals surface area (Å²) in [4.78, 5) is 3.97. The molecule has 2 rings (SSSR count). The van der Waals surface area contributed by atoms with Crippen molar-refractivity contribution in [1.29, 1.82) is 0 Å². The van der Waals surface area contributed by atoms with Gasteiger partial charge in [0, 0.05) is 16.0 Å². The van der Waals surface area contributed by atoms with E-state index in [4.69, 9.17) is 28.9 Å². The SMILES string of the molecule is CCC(N)(I)C(Cn1cncn1)c1ccc(Cl)cc1Cl. The van der Waals surface area contributed by atoms with Crippen molar-refractivity contribution < 1.29 is 0 Å². The van der Waals surface area contributed by atoms with Crippen LogP contribution in [0.25, 0.3) is 0 Å². The van der Waals surface area contributed by atoms with Crippen LogP contribution in [0.3, 0.4) is 0 Å². The second-order valence-electron chi connectivity index (χ2n) is 4.62. The van der Waals surface area contributed by atoms with E-state index < -0.39 is 3.55 Å². The van der Waals surface area contributed by atoms with Gasteiger partial charge in [0.1, 0.15) is 12.7 Å². The predicted octanol–water partition coefficient (Wildman–Crippen LogP) is 3.87. The van der Waals surface area contributed by atoms with Gasteiger partial charge in [-0.25, -0.2) is 4.98 Å². The Bertz CT molecular complexity index is 572. The van der Waals surface area contributed by atoms with Gasteiger partial charge < -0.3 is 5.73 Å². The average Bonchev–Trinajstić information content (AvgIpc) is 2.89. The van der Waals surface area contributed by atoms with Crippen LogP contribution in [-0.4, -0.2) is 18.3 Å². The number of halogens is 3. The number of rotatable bonds is 5. The van der Waals surface area contributed by atoms with Gasteiger partial charge in [0.15, 0.2) is 0 Å². The molecule has 0 aliphatic heterocycles. The van der Waals surface area contributed by atoms with Gasteiger partial charge in [-0.1, -0.05) is 58.8 Å². The van der Waals surface area contributed by atoms with Gasteiger partial charge in [-0.15, -0.1) is 0 Å². The predicted molar refractivity (Wildman–Crippen MR) is 90.5 cm³/mol. The number of hydrogen-bond donors (Lipinski definition) is 1. The molecule has 2 unspecified atom stereocenters. The maximum absolute atomic E-state index is 6.45. The fraction of sp³-hybridized carbons (Fsp3) is 0.385. The van der Waals surface area contributed by atoms with Crippen LogP contribution in [0.2, 0.25) is 10.0 Å². The number of hydrogen-bond acceptors (Lipinski definition) is 3. The molecule has 0 amide bonds. The standard InChI is InChI=1S/C13H15Cl2IN4/c1-2-13(16,17)11(6-20-8-18-7-19-20)10-4-3-9(14)5-12(10)15/h3-5,7-8,11H,2,6,17H2,1H3. The van der Waals surface area contributed by atoms with E-state index in [1.165, 1.54) is 6.33 Å². The molecule has 4 nitrogen and oxygen atoms in total. The van der Waals surface area contributed by atoms with E-state index in [0.717, 1.165) is 12.0 Å². The van der Waals surface area contributed by atoms with Gasteiger partial charge in [0.05, 0.1) is 10.1 Å². The topological polar surface area (TPSA) is 56.7 Å². The summed E-state index contributed by atoms with van der Waals surface area (Å²) in [5.41, 5.74) is 7.43. The van der Waals surface area contributed by atoms with Crippen LogP contribution in [0.1, 0.15) is 24.8 Å². The minimum Gasteiger partial charge on any atom is -0.316 e. The number of nitrogens with two attached hydrogens (primary N) is 1. The van der Waals surface area contributed by atoms with Crippen LogP contribution in [0.5, 0.6) is 0 Å². The lowest BCUT2D eigenvalue weighted by atomic mass is 9.90. The summed E-state index contributed by atoms with van der Waals surface area (Å²) in [5, 5.41) is 5.40. The van der Waals surface area contributed by atoms with E-state index in [-0.39, 0.29) is 5.92 Å². The number of aromatic nitrogens is 3. The summed E-state index contributed by atoms with van der Waals surface area (Å²) in [6.07, 6.45) is 4.00. The van der Waals surface area contributed by atoms with Crippen LogP contribution in [0.4, 0.5) is 0 Å². The first-order valence-electron chi connectivity index (χ1n) is 6.19. The smallest absolute Gasteiger partial charge is 0.137 e. The number of benzene rings is 1. The molecule has 0 saturated carbocycles. The molecule has 0 aliphatic rings. The summed E-state index contributed by atoms with van der Waals surface area (Å²) in [6, 6.07) is 5.51. The molecular formula is C13H15Cl2IN4. The maximum Gasteiger partial charge on any atom is 0.137 e. The Morgan fingerprint density at radius 2 is 2.20 bits per heavy atom. The van der Waals surface area contributed by atoms with Crippen molar-refractivity contribution in [2.75, 3.05) is 0 Å². The zero-order chi connectivity index (χ0) is 14.8. The molecule has 2 atom stereocenters. The third-order valence-corrected chi connectivity index (χ3v) is 5.37. The first-order valence-corrected chi connectivity index (χ1v) is 8.02. The molecule has 0 aliphatic carbocycles. The highest BCUT2D eigenvalue weighted by molar-refractivity contribution is 14.1. The molecule has 0 radical (unpaired) electrons. The molecule has 1 aromatic carbocycles. The quantitative estimate of drug-likeness (QED) is 0.450. The minimum absolute atomic E-state index is 0.0135. The van der Waals surface area contributed by atoms with Gasteiger partial charge in [-0.05, 0) is 24.1 Å². The van der Waals surface area contributed by atoms with Crippen molar-refractivity contribution in [3.8, 4) is 0 Å². The van der Waals surface area contributed by atoms with Gasteiger partial charge in [0.2, 0.25) is 0 Å². The van der Waals surface area contributed by atoms with Crippen molar-refractivity contribution in [2.24, 2.45) is 5.73 Å². The monoisotopic (exact) mass is 424 g/mol. The lowest BCUT2D eigenvalue weighted by Crippen LogP contribution is -2.41. The molecular weight excluding hydrogens is 410 g/mol. The lowest BCUT2D eigenvalue weighted by Gasteiger charge is -2.32. The molecule has 108 valence electrons. The van der Waals surface area contributed by atoms with Crippen LogP contribution in [0.15, 0.2) is 30.9 Å². The fourth-order valence-corrected chi connectivity index (χ4v) is 3.13. The minimum atomic E-state index is -0.429. The van der Waals surface area contributed by atoms with E-state index in [1.54, 1.807) is 17.1 Å².